The van der Waals surface area contributed by atoms with E-state index in [0.29, 0.717) is 0 Å². The number of hydrogen-bond acceptors (Lipinski definition) is 11. The van der Waals surface area contributed by atoms with Gasteiger partial charge in [-0.05, 0) is 44.4 Å². The summed E-state index contributed by atoms with van der Waals surface area (Å²) in [4.78, 5) is 6.47. The standard InChI is InChI=1S/C54H58N6O9/c55-59-57-46(37-62-31-40-19-7-1-8-20-40)51(65-34-43-25-13-4-14-26-43)52(66-35-44-27-15-5-16-28-44)48(39-64-33-42-23-11-3-12-24-42)69-54-49(58-60-56)53(67-36-45-29-17-6-18-30-45)50(61)47(68-54)38-63-32-41-21-9-2-10-22-41/h1-30,46-54,61H,31-39H2/t46-,47-,48+,49-,50-,51-,52-,53-,54-/m1/s1. The van der Waals surface area contributed by atoms with Gasteiger partial charge in [-0.25, -0.2) is 0 Å². The molecule has 0 bridgehead atoms. The van der Waals surface area contributed by atoms with Gasteiger partial charge in [-0.2, -0.15) is 0 Å². The minimum absolute atomic E-state index is 0.0507. The molecule has 1 N–H and O–H groups in total. The smallest absolute Gasteiger partial charge is 0.169 e. The lowest BCUT2D eigenvalue weighted by Crippen LogP contribution is -2.61. The van der Waals surface area contributed by atoms with E-state index in [0.717, 1.165) is 33.4 Å². The molecule has 1 aliphatic heterocycles. The molecule has 1 aliphatic rings. The molecule has 0 amide bonds. The summed E-state index contributed by atoms with van der Waals surface area (Å²) in [6, 6.07) is 55.5. The number of azide groups is 2. The lowest BCUT2D eigenvalue weighted by molar-refractivity contribution is -0.304. The fourth-order valence-corrected chi connectivity index (χ4v) is 7.92. The highest BCUT2D eigenvalue weighted by Gasteiger charge is 2.49. The van der Waals surface area contributed by atoms with Crippen molar-refractivity contribution in [3.05, 3.63) is 236 Å². The Hall–Kier alpha value is -6.42. The number of benzene rings is 6. The highest BCUT2D eigenvalue weighted by molar-refractivity contribution is 5.18. The lowest BCUT2D eigenvalue weighted by Gasteiger charge is -2.45. The molecule has 1 saturated heterocycles. The second-order valence-electron chi connectivity index (χ2n) is 16.5. The topological polar surface area (TPSA) is 192 Å². The Morgan fingerprint density at radius 1 is 0.507 bits per heavy atom. The summed E-state index contributed by atoms with van der Waals surface area (Å²) in [7, 11) is 0. The number of hydrogen-bond donors (Lipinski definition) is 1. The maximum Gasteiger partial charge on any atom is 0.169 e. The molecule has 358 valence electrons. The normalized spacial score (nSPS) is 19.6. The Kier molecular flexibility index (Phi) is 20.6. The molecule has 15 heteroatoms. The van der Waals surface area contributed by atoms with Crippen molar-refractivity contribution < 1.29 is 43.0 Å². The second-order valence-corrected chi connectivity index (χ2v) is 16.5. The van der Waals surface area contributed by atoms with Gasteiger partial charge in [0, 0.05) is 9.82 Å². The molecule has 69 heavy (non-hydrogen) atoms. The number of rotatable bonds is 28. The van der Waals surface area contributed by atoms with E-state index in [9.17, 15) is 16.2 Å². The first-order valence-electron chi connectivity index (χ1n) is 23.0. The zero-order valence-electron chi connectivity index (χ0n) is 38.3. The maximum absolute atomic E-state index is 12.0. The SMILES string of the molecule is [N-]=[N+]=N[C@H]1[C@@H](O[C@@H](COCc2ccccc2)[C@@H](OCc2ccccc2)[C@H](OCc2ccccc2)[C@@H](COCc2ccccc2)N=[N+]=[N-])O[C@H](COCc2ccccc2)[C@@H](O)[C@@H]1OCc1ccccc1. The quantitative estimate of drug-likeness (QED) is 0.0283. The zero-order valence-corrected chi connectivity index (χ0v) is 38.3. The molecule has 0 aromatic heterocycles. The summed E-state index contributed by atoms with van der Waals surface area (Å²) in [5.41, 5.74) is 25.5. The van der Waals surface area contributed by atoms with Gasteiger partial charge in [0.2, 0.25) is 0 Å². The van der Waals surface area contributed by atoms with E-state index in [1.54, 1.807) is 0 Å². The molecule has 6 aromatic rings. The van der Waals surface area contributed by atoms with Crippen molar-refractivity contribution in [3.63, 3.8) is 0 Å². The molecular formula is C54H58N6O9. The maximum atomic E-state index is 12.0. The Balaban J connectivity index is 1.27. The number of aliphatic hydroxyl groups excluding tert-OH is 1. The Morgan fingerprint density at radius 2 is 0.928 bits per heavy atom. The Bertz CT molecular complexity index is 2440. The van der Waals surface area contributed by atoms with Crippen molar-refractivity contribution in [2.45, 2.75) is 94.6 Å². The van der Waals surface area contributed by atoms with Crippen LogP contribution in [0.3, 0.4) is 0 Å². The van der Waals surface area contributed by atoms with Crippen LogP contribution in [0, 0.1) is 0 Å². The van der Waals surface area contributed by atoms with Gasteiger partial charge in [0.15, 0.2) is 6.29 Å². The summed E-state index contributed by atoms with van der Waals surface area (Å²) in [5, 5.41) is 20.4. The lowest BCUT2D eigenvalue weighted by atomic mass is 9.96. The number of aliphatic hydroxyl groups is 1. The molecule has 6 aromatic carbocycles. The van der Waals surface area contributed by atoms with Crippen LogP contribution in [-0.4, -0.2) is 79.9 Å². The minimum atomic E-state index is -1.36. The van der Waals surface area contributed by atoms with Crippen molar-refractivity contribution >= 4 is 0 Å². The molecule has 0 saturated carbocycles. The molecule has 15 nitrogen and oxygen atoms in total. The summed E-state index contributed by atoms with van der Waals surface area (Å²) in [6.45, 7) is 0.742. The van der Waals surface area contributed by atoms with E-state index in [4.69, 9.17) is 37.9 Å². The second kappa shape index (κ2) is 28.2. The molecule has 1 fully saturated rings. The summed E-state index contributed by atoms with van der Waals surface area (Å²) >= 11 is 0. The van der Waals surface area contributed by atoms with Crippen LogP contribution >= 0.6 is 0 Å². The number of nitrogens with zero attached hydrogens (tertiary/aromatic N) is 6. The van der Waals surface area contributed by atoms with E-state index in [1.807, 2.05) is 182 Å². The fraction of sp³-hybridized carbons (Fsp3) is 0.333. The highest BCUT2D eigenvalue weighted by Crippen LogP contribution is 2.32. The van der Waals surface area contributed by atoms with Gasteiger partial charge in [-0.3, -0.25) is 0 Å². The van der Waals surface area contributed by atoms with Gasteiger partial charge < -0.3 is 43.0 Å². The largest absolute Gasteiger partial charge is 0.388 e. The average Bonchev–Trinajstić information content (AvgIpc) is 3.39. The van der Waals surface area contributed by atoms with Crippen LogP contribution in [0.2, 0.25) is 0 Å². The van der Waals surface area contributed by atoms with Crippen LogP contribution in [0.25, 0.3) is 20.9 Å². The van der Waals surface area contributed by atoms with E-state index in [-0.39, 0.29) is 59.5 Å². The van der Waals surface area contributed by atoms with Gasteiger partial charge in [0.25, 0.3) is 0 Å². The third-order valence-electron chi connectivity index (χ3n) is 11.4. The summed E-state index contributed by atoms with van der Waals surface area (Å²) in [5.74, 6) is 0. The molecule has 0 unspecified atom stereocenters. The van der Waals surface area contributed by atoms with Crippen LogP contribution in [0.1, 0.15) is 33.4 Å². The van der Waals surface area contributed by atoms with Gasteiger partial charge in [-0.1, -0.05) is 192 Å². The first-order valence-corrected chi connectivity index (χ1v) is 23.0. The zero-order chi connectivity index (χ0) is 47.7. The molecule has 0 radical (unpaired) electrons. The van der Waals surface area contributed by atoms with Gasteiger partial charge >= 0.3 is 0 Å². The van der Waals surface area contributed by atoms with Crippen molar-refractivity contribution in [2.75, 3.05) is 19.8 Å². The Labute approximate surface area is 402 Å². The van der Waals surface area contributed by atoms with Crippen LogP contribution in [-0.2, 0) is 77.5 Å². The van der Waals surface area contributed by atoms with Crippen molar-refractivity contribution in [2.24, 2.45) is 10.2 Å². The van der Waals surface area contributed by atoms with Gasteiger partial charge in [-0.15, -0.1) is 0 Å². The van der Waals surface area contributed by atoms with E-state index >= 15 is 0 Å². The predicted molar refractivity (Wildman–Crippen MR) is 259 cm³/mol. The van der Waals surface area contributed by atoms with Gasteiger partial charge in [0.05, 0.1) is 77.7 Å². The van der Waals surface area contributed by atoms with E-state index < -0.39 is 55.0 Å². The molecule has 7 rings (SSSR count). The molecule has 9 atom stereocenters. The third-order valence-corrected chi connectivity index (χ3v) is 11.4. The molecule has 1 heterocycles. The van der Waals surface area contributed by atoms with E-state index in [2.05, 4.69) is 20.1 Å². The Morgan fingerprint density at radius 3 is 1.39 bits per heavy atom. The van der Waals surface area contributed by atoms with Crippen LogP contribution in [0.4, 0.5) is 0 Å². The van der Waals surface area contributed by atoms with Crippen LogP contribution < -0.4 is 0 Å². The highest BCUT2D eigenvalue weighted by atomic mass is 16.7. The van der Waals surface area contributed by atoms with Crippen molar-refractivity contribution in [1.82, 2.24) is 0 Å². The van der Waals surface area contributed by atoms with Crippen LogP contribution in [0.15, 0.2) is 192 Å². The fourth-order valence-electron chi connectivity index (χ4n) is 7.92. The average molecular weight is 935 g/mol. The summed E-state index contributed by atoms with van der Waals surface area (Å²) < 4.78 is 52.8. The van der Waals surface area contributed by atoms with Crippen molar-refractivity contribution in [3.8, 4) is 0 Å². The third kappa shape index (κ3) is 16.1. The van der Waals surface area contributed by atoms with E-state index in [1.165, 1.54) is 0 Å². The number of ether oxygens (including phenoxy) is 8. The predicted octanol–water partition coefficient (Wildman–Crippen LogP) is 10.2. The van der Waals surface area contributed by atoms with Crippen LogP contribution in [0.5, 0.6) is 0 Å². The van der Waals surface area contributed by atoms with Gasteiger partial charge in [0.1, 0.15) is 30.5 Å². The van der Waals surface area contributed by atoms with Crippen molar-refractivity contribution in [1.29, 1.82) is 0 Å². The summed E-state index contributed by atoms with van der Waals surface area (Å²) in [6.07, 6.45) is -7.98. The minimum Gasteiger partial charge on any atom is -0.388 e. The monoisotopic (exact) mass is 934 g/mol. The first-order chi connectivity index (χ1) is 34.1. The molecule has 0 spiro atoms. The molecule has 0 aliphatic carbocycles. The molecular weight excluding hydrogens is 877 g/mol. The first kappa shape index (κ1) is 50.5.